The van der Waals surface area contributed by atoms with Crippen LogP contribution >= 0.6 is 0 Å². The molecule has 0 saturated heterocycles. The number of carboxylic acid groups (broad SMARTS) is 1. The van der Waals surface area contributed by atoms with Crippen LogP contribution in [-0.2, 0) is 10.3 Å². The summed E-state index contributed by atoms with van der Waals surface area (Å²) in [6.45, 7) is 5.00. The van der Waals surface area contributed by atoms with Crippen LogP contribution in [0.4, 0.5) is 8.78 Å². The third-order valence-corrected chi connectivity index (χ3v) is 4.33. The standard InChI is InChI=1S/C18H19F2NO3/c1-10(2)11-5-4-6-12(7-11)16-14(19)8-13(9-15(16)20)18(3,21-24)17(22)23/h5,7-10H,4,6H2,1-3H3,(H,22,23). The van der Waals surface area contributed by atoms with E-state index in [9.17, 15) is 18.5 Å². The van der Waals surface area contributed by atoms with Gasteiger partial charge in [0.15, 0.2) is 0 Å². The molecule has 0 aromatic heterocycles. The second-order valence-electron chi connectivity index (χ2n) is 6.35. The first-order valence-electron chi connectivity index (χ1n) is 7.69. The van der Waals surface area contributed by atoms with Crippen LogP contribution < -0.4 is 0 Å². The molecule has 128 valence electrons. The molecule has 1 unspecified atom stereocenters. The Bertz CT molecular complexity index is 730. The number of benzene rings is 1. The van der Waals surface area contributed by atoms with E-state index in [1.807, 2.05) is 19.9 Å². The Kier molecular flexibility index (Phi) is 4.96. The van der Waals surface area contributed by atoms with Crippen molar-refractivity contribution in [2.24, 2.45) is 11.1 Å². The molecule has 2 rings (SSSR count). The van der Waals surface area contributed by atoms with Gasteiger partial charge < -0.3 is 5.11 Å². The van der Waals surface area contributed by atoms with Gasteiger partial charge in [0.05, 0.1) is 0 Å². The summed E-state index contributed by atoms with van der Waals surface area (Å²) in [6.07, 6.45) is 4.98. The lowest BCUT2D eigenvalue weighted by Gasteiger charge is -2.20. The number of carboxylic acids is 1. The fourth-order valence-corrected chi connectivity index (χ4v) is 2.70. The Hall–Kier alpha value is -2.37. The molecule has 1 aromatic rings. The molecule has 0 radical (unpaired) electrons. The van der Waals surface area contributed by atoms with Crippen LogP contribution in [0.5, 0.6) is 0 Å². The Morgan fingerprint density at radius 2 is 1.88 bits per heavy atom. The zero-order valence-electron chi connectivity index (χ0n) is 13.8. The summed E-state index contributed by atoms with van der Waals surface area (Å²) in [6, 6.07) is 1.75. The fraction of sp³-hybridized carbons (Fsp3) is 0.389. The molecule has 0 amide bonds. The molecule has 1 N–H and O–H groups in total. The molecule has 0 aliphatic heterocycles. The molecule has 24 heavy (non-hydrogen) atoms. The summed E-state index contributed by atoms with van der Waals surface area (Å²) in [7, 11) is 0. The van der Waals surface area contributed by atoms with Crippen molar-refractivity contribution in [2.45, 2.75) is 39.2 Å². The lowest BCUT2D eigenvalue weighted by atomic mass is 9.86. The average Bonchev–Trinajstić information content (AvgIpc) is 2.53. The number of rotatable bonds is 5. The van der Waals surface area contributed by atoms with Crippen LogP contribution in [-0.4, -0.2) is 11.1 Å². The van der Waals surface area contributed by atoms with Gasteiger partial charge in [-0.1, -0.05) is 26.0 Å². The van der Waals surface area contributed by atoms with E-state index >= 15 is 0 Å². The minimum absolute atomic E-state index is 0.177. The number of aliphatic carboxylic acids is 1. The van der Waals surface area contributed by atoms with Crippen molar-refractivity contribution in [3.63, 3.8) is 0 Å². The molecule has 0 spiro atoms. The second kappa shape index (κ2) is 6.63. The highest BCUT2D eigenvalue weighted by atomic mass is 19.1. The van der Waals surface area contributed by atoms with Crippen molar-refractivity contribution in [3.8, 4) is 0 Å². The van der Waals surface area contributed by atoms with Crippen LogP contribution in [0.3, 0.4) is 0 Å². The third-order valence-electron chi connectivity index (χ3n) is 4.33. The van der Waals surface area contributed by atoms with E-state index in [1.165, 1.54) is 0 Å². The largest absolute Gasteiger partial charge is 0.479 e. The summed E-state index contributed by atoms with van der Waals surface area (Å²) in [5, 5.41) is 11.7. The molecule has 0 bridgehead atoms. The average molecular weight is 335 g/mol. The first-order valence-corrected chi connectivity index (χ1v) is 7.69. The Balaban J connectivity index is 2.55. The van der Waals surface area contributed by atoms with E-state index in [2.05, 4.69) is 5.18 Å². The van der Waals surface area contributed by atoms with E-state index in [1.54, 1.807) is 6.08 Å². The first kappa shape index (κ1) is 18.0. The molecule has 4 nitrogen and oxygen atoms in total. The van der Waals surface area contributed by atoms with Crippen molar-refractivity contribution in [3.05, 3.63) is 57.5 Å². The maximum atomic E-state index is 14.5. The monoisotopic (exact) mass is 335 g/mol. The van der Waals surface area contributed by atoms with Crippen molar-refractivity contribution >= 4 is 11.5 Å². The summed E-state index contributed by atoms with van der Waals surface area (Å²) < 4.78 is 29.0. The van der Waals surface area contributed by atoms with Gasteiger partial charge in [-0.15, -0.1) is 4.91 Å². The van der Waals surface area contributed by atoms with Crippen LogP contribution in [0.25, 0.3) is 5.57 Å². The number of allylic oxidation sites excluding steroid dienone is 4. The smallest absolute Gasteiger partial charge is 0.339 e. The first-order chi connectivity index (χ1) is 11.2. The highest BCUT2D eigenvalue weighted by molar-refractivity contribution is 5.81. The van der Waals surface area contributed by atoms with E-state index in [4.69, 9.17) is 5.11 Å². The predicted octanol–water partition coefficient (Wildman–Crippen LogP) is 4.79. The number of carbonyl (C=O) groups is 1. The number of nitrogens with zero attached hydrogens (tertiary/aromatic N) is 1. The number of halogens is 2. The Morgan fingerprint density at radius 1 is 1.29 bits per heavy atom. The van der Waals surface area contributed by atoms with Gasteiger partial charge in [-0.2, -0.15) is 0 Å². The molecular weight excluding hydrogens is 316 g/mol. The number of nitroso groups, excluding NO2 is 1. The highest BCUT2D eigenvalue weighted by Crippen LogP contribution is 2.35. The summed E-state index contributed by atoms with van der Waals surface area (Å²) >= 11 is 0. The fourth-order valence-electron chi connectivity index (χ4n) is 2.70. The van der Waals surface area contributed by atoms with Crippen molar-refractivity contribution < 1.29 is 18.7 Å². The van der Waals surface area contributed by atoms with Gasteiger partial charge in [-0.3, -0.25) is 0 Å². The second-order valence-corrected chi connectivity index (χ2v) is 6.35. The van der Waals surface area contributed by atoms with Gasteiger partial charge in [0.2, 0.25) is 5.54 Å². The van der Waals surface area contributed by atoms with Gasteiger partial charge >= 0.3 is 5.97 Å². The van der Waals surface area contributed by atoms with Crippen molar-refractivity contribution in [1.82, 2.24) is 0 Å². The van der Waals surface area contributed by atoms with Gasteiger partial charge in [-0.25, -0.2) is 13.6 Å². The molecule has 1 aromatic carbocycles. The topological polar surface area (TPSA) is 66.7 Å². The number of hydrogen-bond acceptors (Lipinski definition) is 3. The molecule has 0 saturated carbocycles. The normalized spacial score (nSPS) is 17.1. The summed E-state index contributed by atoms with van der Waals surface area (Å²) in [4.78, 5) is 22.1. The summed E-state index contributed by atoms with van der Waals surface area (Å²) in [5.74, 6) is -3.11. The number of hydrogen-bond donors (Lipinski definition) is 1. The Labute approximate surface area is 138 Å². The van der Waals surface area contributed by atoms with Crippen LogP contribution in [0.1, 0.15) is 44.7 Å². The van der Waals surface area contributed by atoms with Gasteiger partial charge in [0, 0.05) is 5.56 Å². The lowest BCUT2D eigenvalue weighted by molar-refractivity contribution is -0.142. The zero-order valence-corrected chi connectivity index (χ0v) is 13.8. The minimum Gasteiger partial charge on any atom is -0.479 e. The third kappa shape index (κ3) is 3.13. The van der Waals surface area contributed by atoms with E-state index in [0.29, 0.717) is 18.4 Å². The summed E-state index contributed by atoms with van der Waals surface area (Å²) in [5.41, 5.74) is -1.20. The maximum absolute atomic E-state index is 14.5. The quantitative estimate of drug-likeness (QED) is 0.787. The van der Waals surface area contributed by atoms with Crippen LogP contribution in [0.2, 0.25) is 0 Å². The Morgan fingerprint density at radius 3 is 2.33 bits per heavy atom. The molecule has 0 fully saturated rings. The molecule has 1 aliphatic rings. The van der Waals surface area contributed by atoms with Crippen molar-refractivity contribution in [2.75, 3.05) is 0 Å². The minimum atomic E-state index is -2.23. The van der Waals surface area contributed by atoms with E-state index in [0.717, 1.165) is 24.6 Å². The molecule has 6 heteroatoms. The predicted molar refractivity (Wildman–Crippen MR) is 87.3 cm³/mol. The van der Waals surface area contributed by atoms with Gasteiger partial charge in [0.1, 0.15) is 11.6 Å². The van der Waals surface area contributed by atoms with Crippen LogP contribution in [0, 0.1) is 22.5 Å². The SMILES string of the molecule is CC(C)C1=CCCC(c2c(F)cc(C(C)(N=O)C(=O)O)cc2F)=C1. The molecule has 1 aliphatic carbocycles. The lowest BCUT2D eigenvalue weighted by Crippen LogP contribution is -2.30. The van der Waals surface area contributed by atoms with Crippen molar-refractivity contribution in [1.29, 1.82) is 0 Å². The molecular formula is C18H19F2NO3. The van der Waals surface area contributed by atoms with Crippen LogP contribution in [0.15, 0.2) is 35.0 Å². The molecule has 1 atom stereocenters. The van der Waals surface area contributed by atoms with Gasteiger partial charge in [0.25, 0.3) is 0 Å². The highest BCUT2D eigenvalue weighted by Gasteiger charge is 2.38. The molecule has 0 heterocycles. The van der Waals surface area contributed by atoms with E-state index in [-0.39, 0.29) is 17.0 Å². The maximum Gasteiger partial charge on any atom is 0.339 e. The zero-order chi connectivity index (χ0) is 18.1. The van der Waals surface area contributed by atoms with E-state index < -0.39 is 23.1 Å². The van der Waals surface area contributed by atoms with Gasteiger partial charge in [-0.05, 0) is 59.7 Å².